The minimum atomic E-state index is -0.435. The largest absolute Gasteiger partial charge is 0.489 e. The Morgan fingerprint density at radius 3 is 2.32 bits per heavy atom. The van der Waals surface area contributed by atoms with Crippen LogP contribution in [0.25, 0.3) is 0 Å². The van der Waals surface area contributed by atoms with Crippen molar-refractivity contribution in [1.82, 2.24) is 5.43 Å². The lowest BCUT2D eigenvalue weighted by molar-refractivity contribution is -0.384. The van der Waals surface area contributed by atoms with Crippen LogP contribution in [-0.4, -0.2) is 18.0 Å². The normalized spacial score (nSPS) is 10.2. The van der Waals surface area contributed by atoms with Gasteiger partial charge < -0.3 is 10.1 Å². The molecule has 4 N–H and O–H groups in total. The van der Waals surface area contributed by atoms with E-state index in [1.54, 1.807) is 12.1 Å². The molecule has 2 rings (SSSR count). The Labute approximate surface area is 128 Å². The summed E-state index contributed by atoms with van der Waals surface area (Å²) in [6.07, 6.45) is 0. The predicted molar refractivity (Wildman–Crippen MR) is 84.6 cm³/mol. The molecule has 0 spiro atoms. The number of ether oxygens (including phenoxy) is 1. The summed E-state index contributed by atoms with van der Waals surface area (Å²) in [6, 6.07) is 13.9. The molecule has 2 aromatic carbocycles. The second-order valence-electron chi connectivity index (χ2n) is 4.62. The van der Waals surface area contributed by atoms with E-state index in [4.69, 9.17) is 10.6 Å². The predicted octanol–water partition coefficient (Wildman–Crippen LogP) is 2.05. The maximum atomic E-state index is 10.6. The van der Waals surface area contributed by atoms with E-state index in [1.807, 2.05) is 24.3 Å². The summed E-state index contributed by atoms with van der Waals surface area (Å²) < 4.78 is 5.60. The van der Waals surface area contributed by atoms with Gasteiger partial charge in [-0.2, -0.15) is 0 Å². The van der Waals surface area contributed by atoms with Crippen LogP contribution in [0.4, 0.5) is 11.4 Å². The Morgan fingerprint density at radius 2 is 1.73 bits per heavy atom. The summed E-state index contributed by atoms with van der Waals surface area (Å²) in [5.74, 6) is 5.79. The van der Waals surface area contributed by atoms with Crippen molar-refractivity contribution in [2.45, 2.75) is 6.61 Å². The standard InChI is InChI=1S/C15H18N4O3/c16-18-10-9-17-13-3-1-12(2-4-13)11-22-15-7-5-14(6-8-15)19(20)21/h1-8,17-18H,9-11,16H2. The van der Waals surface area contributed by atoms with Crippen LogP contribution in [0, 0.1) is 10.1 Å². The first-order valence-corrected chi connectivity index (χ1v) is 6.82. The minimum Gasteiger partial charge on any atom is -0.489 e. The molecule has 0 heterocycles. The molecule has 0 aliphatic carbocycles. The Morgan fingerprint density at radius 1 is 1.05 bits per heavy atom. The average Bonchev–Trinajstić information content (AvgIpc) is 2.55. The Kier molecular flexibility index (Phi) is 5.70. The zero-order valence-electron chi connectivity index (χ0n) is 12.0. The number of hydrazine groups is 1. The van der Waals surface area contributed by atoms with Gasteiger partial charge in [0.2, 0.25) is 0 Å². The molecule has 22 heavy (non-hydrogen) atoms. The molecule has 0 saturated heterocycles. The third-order valence-electron chi connectivity index (χ3n) is 3.01. The first kappa shape index (κ1) is 15.7. The zero-order chi connectivity index (χ0) is 15.8. The number of hydrogen-bond donors (Lipinski definition) is 3. The molecule has 0 atom stereocenters. The fraction of sp³-hybridized carbons (Fsp3) is 0.200. The Balaban J connectivity index is 1.84. The van der Waals surface area contributed by atoms with Gasteiger partial charge in [-0.3, -0.25) is 21.4 Å². The maximum absolute atomic E-state index is 10.6. The monoisotopic (exact) mass is 302 g/mol. The molecular weight excluding hydrogens is 284 g/mol. The van der Waals surface area contributed by atoms with Gasteiger partial charge >= 0.3 is 0 Å². The molecule has 0 amide bonds. The fourth-order valence-corrected chi connectivity index (χ4v) is 1.83. The number of rotatable bonds is 8. The molecule has 116 valence electrons. The van der Waals surface area contributed by atoms with Gasteiger partial charge in [-0.25, -0.2) is 0 Å². The molecule has 0 aliphatic rings. The highest BCUT2D eigenvalue weighted by molar-refractivity contribution is 5.44. The van der Waals surface area contributed by atoms with Crippen LogP contribution in [0.2, 0.25) is 0 Å². The molecule has 0 aliphatic heterocycles. The SMILES string of the molecule is NNCCNc1ccc(COc2ccc([N+](=O)[O-])cc2)cc1. The lowest BCUT2D eigenvalue weighted by atomic mass is 10.2. The number of anilines is 1. The van der Waals surface area contributed by atoms with E-state index in [1.165, 1.54) is 12.1 Å². The van der Waals surface area contributed by atoms with Crippen molar-refractivity contribution in [3.05, 3.63) is 64.2 Å². The Bertz CT molecular complexity index is 599. The van der Waals surface area contributed by atoms with Crippen LogP contribution in [0.15, 0.2) is 48.5 Å². The van der Waals surface area contributed by atoms with E-state index in [0.717, 1.165) is 17.8 Å². The van der Waals surface area contributed by atoms with E-state index in [-0.39, 0.29) is 5.69 Å². The third-order valence-corrected chi connectivity index (χ3v) is 3.01. The highest BCUT2D eigenvalue weighted by Crippen LogP contribution is 2.19. The van der Waals surface area contributed by atoms with Gasteiger partial charge in [0.05, 0.1) is 4.92 Å². The molecule has 2 aromatic rings. The van der Waals surface area contributed by atoms with E-state index < -0.39 is 4.92 Å². The quantitative estimate of drug-likeness (QED) is 0.298. The lowest BCUT2D eigenvalue weighted by Crippen LogP contribution is -2.28. The van der Waals surface area contributed by atoms with Crippen LogP contribution < -0.4 is 21.3 Å². The maximum Gasteiger partial charge on any atom is 0.269 e. The Hall–Kier alpha value is -2.64. The number of nitrogens with one attached hydrogen (secondary N) is 2. The number of nitrogens with two attached hydrogens (primary N) is 1. The molecule has 0 fully saturated rings. The van der Waals surface area contributed by atoms with Crippen LogP contribution in [0.1, 0.15) is 5.56 Å². The molecule has 7 heteroatoms. The van der Waals surface area contributed by atoms with E-state index in [9.17, 15) is 10.1 Å². The number of benzene rings is 2. The highest BCUT2D eigenvalue weighted by atomic mass is 16.6. The molecule has 0 saturated carbocycles. The van der Waals surface area contributed by atoms with Crippen molar-refractivity contribution in [1.29, 1.82) is 0 Å². The molecule has 0 bridgehead atoms. The number of nitro benzene ring substituents is 1. The molecule has 0 unspecified atom stereocenters. The highest BCUT2D eigenvalue weighted by Gasteiger charge is 2.04. The van der Waals surface area contributed by atoms with Crippen molar-refractivity contribution in [3.63, 3.8) is 0 Å². The minimum absolute atomic E-state index is 0.0507. The fourth-order valence-electron chi connectivity index (χ4n) is 1.83. The second kappa shape index (κ2) is 7.96. The van der Waals surface area contributed by atoms with E-state index in [0.29, 0.717) is 18.9 Å². The third kappa shape index (κ3) is 4.72. The van der Waals surface area contributed by atoms with Crippen molar-refractivity contribution in [3.8, 4) is 5.75 Å². The van der Waals surface area contributed by atoms with Gasteiger partial charge in [0.15, 0.2) is 0 Å². The van der Waals surface area contributed by atoms with Crippen LogP contribution >= 0.6 is 0 Å². The summed E-state index contributed by atoms with van der Waals surface area (Å²) in [4.78, 5) is 10.1. The van der Waals surface area contributed by atoms with Gasteiger partial charge in [-0.15, -0.1) is 0 Å². The van der Waals surface area contributed by atoms with Gasteiger partial charge in [0, 0.05) is 30.9 Å². The second-order valence-corrected chi connectivity index (χ2v) is 4.62. The average molecular weight is 302 g/mol. The zero-order valence-corrected chi connectivity index (χ0v) is 12.0. The first-order chi connectivity index (χ1) is 10.7. The summed E-state index contributed by atoms with van der Waals surface area (Å²) in [7, 11) is 0. The molecule has 0 aromatic heterocycles. The van der Waals surface area contributed by atoms with Crippen molar-refractivity contribution < 1.29 is 9.66 Å². The van der Waals surface area contributed by atoms with Crippen LogP contribution in [0.3, 0.4) is 0 Å². The van der Waals surface area contributed by atoms with Gasteiger partial charge in [0.25, 0.3) is 5.69 Å². The van der Waals surface area contributed by atoms with Crippen LogP contribution in [0.5, 0.6) is 5.75 Å². The molecule has 0 radical (unpaired) electrons. The van der Waals surface area contributed by atoms with Crippen molar-refractivity contribution >= 4 is 11.4 Å². The van der Waals surface area contributed by atoms with Crippen LogP contribution in [-0.2, 0) is 6.61 Å². The van der Waals surface area contributed by atoms with Crippen molar-refractivity contribution in [2.75, 3.05) is 18.4 Å². The summed E-state index contributed by atoms with van der Waals surface area (Å²) in [5, 5.41) is 13.8. The lowest BCUT2D eigenvalue weighted by Gasteiger charge is -2.08. The number of hydrogen-bond acceptors (Lipinski definition) is 6. The topological polar surface area (TPSA) is 102 Å². The van der Waals surface area contributed by atoms with Gasteiger partial charge in [-0.1, -0.05) is 12.1 Å². The number of non-ortho nitro benzene ring substituents is 1. The summed E-state index contributed by atoms with van der Waals surface area (Å²) >= 11 is 0. The van der Waals surface area contributed by atoms with Crippen molar-refractivity contribution in [2.24, 2.45) is 5.84 Å². The van der Waals surface area contributed by atoms with E-state index >= 15 is 0 Å². The number of nitro groups is 1. The van der Waals surface area contributed by atoms with Gasteiger partial charge in [-0.05, 0) is 29.8 Å². The summed E-state index contributed by atoms with van der Waals surface area (Å²) in [6.45, 7) is 1.84. The molecular formula is C15H18N4O3. The smallest absolute Gasteiger partial charge is 0.269 e. The molecule has 7 nitrogen and oxygen atoms in total. The van der Waals surface area contributed by atoms with E-state index in [2.05, 4.69) is 10.7 Å². The number of nitrogens with zero attached hydrogens (tertiary/aromatic N) is 1. The first-order valence-electron chi connectivity index (χ1n) is 6.82. The summed E-state index contributed by atoms with van der Waals surface area (Å²) in [5.41, 5.74) is 4.65. The van der Waals surface area contributed by atoms with Gasteiger partial charge in [0.1, 0.15) is 12.4 Å².